The number of hydrogen-bond acceptors (Lipinski definition) is 3. The van der Waals surface area contributed by atoms with Crippen molar-refractivity contribution in [3.8, 4) is 0 Å². The lowest BCUT2D eigenvalue weighted by Gasteiger charge is -2.15. The minimum absolute atomic E-state index is 0.195. The molecule has 126 valence electrons. The number of nitrogens with zero attached hydrogens (tertiary/aromatic N) is 1. The van der Waals surface area contributed by atoms with Crippen molar-refractivity contribution in [3.63, 3.8) is 0 Å². The highest BCUT2D eigenvalue weighted by molar-refractivity contribution is 9.10. The van der Waals surface area contributed by atoms with E-state index in [4.69, 9.17) is 0 Å². The van der Waals surface area contributed by atoms with E-state index >= 15 is 0 Å². The Bertz CT molecular complexity index is 918. The van der Waals surface area contributed by atoms with Gasteiger partial charge < -0.3 is 5.32 Å². The van der Waals surface area contributed by atoms with Crippen LogP contribution in [0, 0.1) is 0 Å². The van der Waals surface area contributed by atoms with Crippen LogP contribution in [0.5, 0.6) is 0 Å². The van der Waals surface area contributed by atoms with Crippen molar-refractivity contribution in [2.75, 3.05) is 5.32 Å². The lowest BCUT2D eigenvalue weighted by molar-refractivity contribution is -0.121. The van der Waals surface area contributed by atoms with E-state index in [1.807, 2.05) is 73.7 Å². The maximum absolute atomic E-state index is 12.2. The number of rotatable bonds is 5. The number of hydrazone groups is 1. The summed E-state index contributed by atoms with van der Waals surface area (Å²) < 4.78 is 0.966. The van der Waals surface area contributed by atoms with Crippen LogP contribution in [0.1, 0.15) is 12.5 Å². The molecule has 1 amide bonds. The number of carbonyl (C=O) groups is 1. The molecule has 0 unspecified atom stereocenters. The molecule has 0 radical (unpaired) electrons. The van der Waals surface area contributed by atoms with Gasteiger partial charge in [-0.05, 0) is 36.1 Å². The minimum Gasteiger partial charge on any atom is -0.373 e. The molecule has 0 aliphatic heterocycles. The van der Waals surface area contributed by atoms with E-state index in [2.05, 4.69) is 31.8 Å². The molecule has 0 heterocycles. The SMILES string of the molecule is C[C@H](Nc1cccc2ccccc12)C(=O)N/N=C\c1cccc(Br)c1. The van der Waals surface area contributed by atoms with Crippen LogP contribution in [0.4, 0.5) is 5.69 Å². The zero-order chi connectivity index (χ0) is 17.6. The Labute approximate surface area is 155 Å². The van der Waals surface area contributed by atoms with Crippen molar-refractivity contribution in [2.24, 2.45) is 5.10 Å². The first-order chi connectivity index (χ1) is 12.1. The molecule has 0 aliphatic rings. The molecule has 0 fully saturated rings. The van der Waals surface area contributed by atoms with Crippen molar-refractivity contribution >= 4 is 44.5 Å². The van der Waals surface area contributed by atoms with Gasteiger partial charge in [-0.15, -0.1) is 0 Å². The lowest BCUT2D eigenvalue weighted by Crippen LogP contribution is -2.34. The first kappa shape index (κ1) is 17.2. The van der Waals surface area contributed by atoms with Crippen LogP contribution in [0.2, 0.25) is 0 Å². The molecule has 4 nitrogen and oxygen atoms in total. The number of benzene rings is 3. The van der Waals surface area contributed by atoms with E-state index in [1.165, 1.54) is 0 Å². The standard InChI is InChI=1S/C20H18BrN3O/c1-14(20(25)24-22-13-15-6-4-9-17(21)12-15)23-19-11-5-8-16-7-2-3-10-18(16)19/h2-14,23H,1H3,(H,24,25)/b22-13-/t14-/m0/s1. The summed E-state index contributed by atoms with van der Waals surface area (Å²) in [7, 11) is 0. The van der Waals surface area contributed by atoms with E-state index in [9.17, 15) is 4.79 Å². The summed E-state index contributed by atoms with van der Waals surface area (Å²) in [5.74, 6) is -0.195. The fraction of sp³-hybridized carbons (Fsp3) is 0.100. The molecule has 0 spiro atoms. The average molecular weight is 396 g/mol. The molecule has 0 saturated heterocycles. The summed E-state index contributed by atoms with van der Waals surface area (Å²) in [6.07, 6.45) is 1.62. The van der Waals surface area contributed by atoms with Crippen LogP contribution in [0.25, 0.3) is 10.8 Å². The topological polar surface area (TPSA) is 53.5 Å². The van der Waals surface area contributed by atoms with Crippen LogP contribution in [0.3, 0.4) is 0 Å². The largest absolute Gasteiger partial charge is 0.373 e. The van der Waals surface area contributed by atoms with Gasteiger partial charge in [-0.3, -0.25) is 4.79 Å². The smallest absolute Gasteiger partial charge is 0.262 e. The van der Waals surface area contributed by atoms with E-state index in [-0.39, 0.29) is 5.91 Å². The van der Waals surface area contributed by atoms with Gasteiger partial charge in [0.15, 0.2) is 0 Å². The molecular formula is C20H18BrN3O. The summed E-state index contributed by atoms with van der Waals surface area (Å²) in [6, 6.07) is 21.3. The van der Waals surface area contributed by atoms with Gasteiger partial charge in [-0.1, -0.05) is 64.5 Å². The maximum Gasteiger partial charge on any atom is 0.262 e. The summed E-state index contributed by atoms with van der Waals surface area (Å²) in [5, 5.41) is 9.49. The molecule has 5 heteroatoms. The number of anilines is 1. The van der Waals surface area contributed by atoms with Crippen molar-refractivity contribution in [2.45, 2.75) is 13.0 Å². The molecule has 0 aliphatic carbocycles. The van der Waals surface area contributed by atoms with Crippen LogP contribution < -0.4 is 10.7 Å². The van der Waals surface area contributed by atoms with E-state index < -0.39 is 6.04 Å². The number of amides is 1. The highest BCUT2D eigenvalue weighted by Crippen LogP contribution is 2.23. The quantitative estimate of drug-likeness (QED) is 0.491. The third kappa shape index (κ3) is 4.45. The maximum atomic E-state index is 12.2. The Morgan fingerprint density at radius 3 is 2.68 bits per heavy atom. The van der Waals surface area contributed by atoms with Crippen LogP contribution in [0.15, 0.2) is 76.3 Å². The molecule has 3 aromatic rings. The predicted molar refractivity (Wildman–Crippen MR) is 107 cm³/mol. The predicted octanol–water partition coefficient (Wildman–Crippen LogP) is 4.55. The fourth-order valence-corrected chi connectivity index (χ4v) is 2.92. The van der Waals surface area contributed by atoms with Crippen LogP contribution in [-0.4, -0.2) is 18.2 Å². The first-order valence-electron chi connectivity index (χ1n) is 7.96. The summed E-state index contributed by atoms with van der Waals surface area (Å²) in [6.45, 7) is 1.81. The highest BCUT2D eigenvalue weighted by atomic mass is 79.9. The Balaban J connectivity index is 1.64. The van der Waals surface area contributed by atoms with Gasteiger partial charge >= 0.3 is 0 Å². The van der Waals surface area contributed by atoms with Gasteiger partial charge in [0.2, 0.25) is 0 Å². The van der Waals surface area contributed by atoms with Gasteiger partial charge in [0.25, 0.3) is 5.91 Å². The van der Waals surface area contributed by atoms with E-state index in [0.717, 1.165) is 26.5 Å². The molecule has 3 aromatic carbocycles. The van der Waals surface area contributed by atoms with Gasteiger partial charge in [-0.2, -0.15) is 5.10 Å². The number of nitrogens with one attached hydrogen (secondary N) is 2. The van der Waals surface area contributed by atoms with Crippen LogP contribution in [-0.2, 0) is 4.79 Å². The van der Waals surface area contributed by atoms with E-state index in [0.29, 0.717) is 0 Å². The minimum atomic E-state index is -0.412. The van der Waals surface area contributed by atoms with Gasteiger partial charge in [0.1, 0.15) is 6.04 Å². The molecule has 1 atom stereocenters. The zero-order valence-electron chi connectivity index (χ0n) is 13.7. The zero-order valence-corrected chi connectivity index (χ0v) is 15.3. The second kappa shape index (κ2) is 7.94. The van der Waals surface area contributed by atoms with Gasteiger partial charge in [0.05, 0.1) is 6.21 Å². The summed E-state index contributed by atoms with van der Waals surface area (Å²) in [4.78, 5) is 12.2. The second-order valence-corrected chi connectivity index (χ2v) is 6.60. The van der Waals surface area contributed by atoms with E-state index in [1.54, 1.807) is 6.21 Å². The van der Waals surface area contributed by atoms with Crippen LogP contribution >= 0.6 is 15.9 Å². The number of hydrogen-bond donors (Lipinski definition) is 2. The number of fused-ring (bicyclic) bond motifs is 1. The summed E-state index contributed by atoms with van der Waals surface area (Å²) >= 11 is 3.40. The number of halogens is 1. The number of carbonyl (C=O) groups excluding carboxylic acids is 1. The normalized spacial score (nSPS) is 12.2. The average Bonchev–Trinajstić information content (AvgIpc) is 2.62. The molecule has 0 aromatic heterocycles. The fourth-order valence-electron chi connectivity index (χ4n) is 2.50. The Morgan fingerprint density at radius 2 is 1.84 bits per heavy atom. The first-order valence-corrected chi connectivity index (χ1v) is 8.75. The highest BCUT2D eigenvalue weighted by Gasteiger charge is 2.12. The third-order valence-corrected chi connectivity index (χ3v) is 4.29. The van der Waals surface area contributed by atoms with Gasteiger partial charge in [0, 0.05) is 15.5 Å². The second-order valence-electron chi connectivity index (χ2n) is 5.68. The van der Waals surface area contributed by atoms with Crippen molar-refractivity contribution in [3.05, 3.63) is 76.8 Å². The molecule has 3 rings (SSSR count). The Kier molecular flexibility index (Phi) is 5.46. The lowest BCUT2D eigenvalue weighted by atomic mass is 10.1. The monoisotopic (exact) mass is 395 g/mol. The van der Waals surface area contributed by atoms with Crippen molar-refractivity contribution in [1.29, 1.82) is 0 Å². The van der Waals surface area contributed by atoms with Gasteiger partial charge in [-0.25, -0.2) is 5.43 Å². The van der Waals surface area contributed by atoms with Crippen molar-refractivity contribution in [1.82, 2.24) is 5.43 Å². The molecule has 0 saturated carbocycles. The molecular weight excluding hydrogens is 378 g/mol. The third-order valence-electron chi connectivity index (χ3n) is 3.79. The van der Waals surface area contributed by atoms with Crippen molar-refractivity contribution < 1.29 is 4.79 Å². The molecule has 2 N–H and O–H groups in total. The Hall–Kier alpha value is -2.66. The summed E-state index contributed by atoms with van der Waals surface area (Å²) in [5.41, 5.74) is 4.41. The molecule has 0 bridgehead atoms. The Morgan fingerprint density at radius 1 is 1.08 bits per heavy atom. The molecule has 25 heavy (non-hydrogen) atoms.